The number of hydrogen-bond acceptors (Lipinski definition) is 3. The summed E-state index contributed by atoms with van der Waals surface area (Å²) in [4.78, 5) is 8.02. The smallest absolute Gasteiger partial charge is 0.144 e. The van der Waals surface area contributed by atoms with Crippen LogP contribution < -0.4 is 5.73 Å². The molecule has 13 heavy (non-hydrogen) atoms. The van der Waals surface area contributed by atoms with Gasteiger partial charge in [-0.05, 0) is 6.07 Å². The van der Waals surface area contributed by atoms with Gasteiger partial charge in [-0.3, -0.25) is 0 Å². The first kappa shape index (κ1) is 8.47. The average molecular weight is 197 g/mol. The Kier molecular flexibility index (Phi) is 2.16. The summed E-state index contributed by atoms with van der Waals surface area (Å²) >= 11 is 5.87. The van der Waals surface area contributed by atoms with E-state index in [1.807, 2.05) is 16.8 Å². The van der Waals surface area contributed by atoms with Crippen LogP contribution in [0.3, 0.4) is 0 Å². The quantitative estimate of drug-likeness (QED) is 0.731. The lowest BCUT2D eigenvalue weighted by molar-refractivity contribution is 0.728. The molecule has 0 saturated heterocycles. The topological polar surface area (TPSA) is 56.7 Å². The molecule has 2 heterocycles. The minimum Gasteiger partial charge on any atom is -0.331 e. The van der Waals surface area contributed by atoms with E-state index in [0.29, 0.717) is 11.7 Å². The molecule has 0 fully saturated rings. The van der Waals surface area contributed by atoms with Crippen molar-refractivity contribution in [1.29, 1.82) is 0 Å². The Morgan fingerprint density at radius 3 is 3.08 bits per heavy atom. The zero-order chi connectivity index (χ0) is 9.26. The molecule has 0 bridgehead atoms. The highest BCUT2D eigenvalue weighted by Crippen LogP contribution is 2.19. The van der Waals surface area contributed by atoms with Crippen LogP contribution in [0.15, 0.2) is 18.6 Å². The Bertz CT molecular complexity index is 423. The fourth-order valence-electron chi connectivity index (χ4n) is 1.29. The van der Waals surface area contributed by atoms with E-state index in [1.54, 1.807) is 0 Å². The molecular formula is C8H9ClN4. The van der Waals surface area contributed by atoms with Crippen LogP contribution in [0.4, 0.5) is 0 Å². The Morgan fingerprint density at radius 1 is 1.46 bits per heavy atom. The minimum absolute atomic E-state index is 0.487. The van der Waals surface area contributed by atoms with Gasteiger partial charge in [0, 0.05) is 19.3 Å². The van der Waals surface area contributed by atoms with Crippen molar-refractivity contribution in [3.8, 4) is 0 Å². The fraction of sp³-hybridized carbons (Fsp3) is 0.250. The summed E-state index contributed by atoms with van der Waals surface area (Å²) in [7, 11) is 0. The van der Waals surface area contributed by atoms with Gasteiger partial charge in [-0.2, -0.15) is 0 Å². The van der Waals surface area contributed by atoms with Crippen LogP contribution in [0.1, 0.15) is 0 Å². The molecular weight excluding hydrogens is 188 g/mol. The number of halogens is 1. The summed E-state index contributed by atoms with van der Waals surface area (Å²) in [6.07, 6.45) is 3.37. The van der Waals surface area contributed by atoms with E-state index in [2.05, 4.69) is 9.97 Å². The number of nitrogens with zero attached hydrogens (tertiary/aromatic N) is 3. The second-order valence-electron chi connectivity index (χ2n) is 2.70. The summed E-state index contributed by atoms with van der Waals surface area (Å²) in [5, 5.41) is 1.36. The first-order chi connectivity index (χ1) is 6.33. The highest BCUT2D eigenvalue weighted by atomic mass is 35.5. The molecule has 0 spiro atoms. The molecule has 0 amide bonds. The van der Waals surface area contributed by atoms with Gasteiger partial charge in [0.1, 0.15) is 17.1 Å². The Balaban J connectivity index is 2.61. The Labute approximate surface area is 80.3 Å². The first-order valence-corrected chi connectivity index (χ1v) is 4.36. The van der Waals surface area contributed by atoms with Gasteiger partial charge in [0.25, 0.3) is 0 Å². The van der Waals surface area contributed by atoms with Gasteiger partial charge < -0.3 is 10.3 Å². The van der Waals surface area contributed by atoms with Gasteiger partial charge in [-0.1, -0.05) is 11.6 Å². The first-order valence-electron chi connectivity index (χ1n) is 3.98. The van der Waals surface area contributed by atoms with E-state index in [9.17, 15) is 0 Å². The number of aromatic nitrogens is 3. The lowest BCUT2D eigenvalue weighted by atomic mass is 10.4. The molecule has 2 aromatic heterocycles. The third-order valence-electron chi connectivity index (χ3n) is 1.88. The summed E-state index contributed by atoms with van der Waals surface area (Å²) in [6, 6.07) is 1.90. The maximum atomic E-state index is 5.87. The lowest BCUT2D eigenvalue weighted by Crippen LogP contribution is -2.09. The van der Waals surface area contributed by atoms with E-state index >= 15 is 0 Å². The van der Waals surface area contributed by atoms with Gasteiger partial charge in [0.15, 0.2) is 0 Å². The van der Waals surface area contributed by atoms with Crippen molar-refractivity contribution in [3.05, 3.63) is 23.7 Å². The van der Waals surface area contributed by atoms with E-state index in [-0.39, 0.29) is 0 Å². The number of hydrogen-bond donors (Lipinski definition) is 1. The molecule has 4 nitrogen and oxygen atoms in total. The number of nitrogens with two attached hydrogens (primary N) is 1. The van der Waals surface area contributed by atoms with Gasteiger partial charge in [-0.25, -0.2) is 9.97 Å². The minimum atomic E-state index is 0.487. The SMILES string of the molecule is NCCn1ccc2c(Cl)ncnc21. The summed E-state index contributed by atoms with van der Waals surface area (Å²) < 4.78 is 1.96. The monoisotopic (exact) mass is 196 g/mol. The lowest BCUT2D eigenvalue weighted by Gasteiger charge is -2.00. The predicted octanol–water partition coefficient (Wildman–Crippen LogP) is 1.04. The summed E-state index contributed by atoms with van der Waals surface area (Å²) in [6.45, 7) is 1.34. The van der Waals surface area contributed by atoms with Crippen molar-refractivity contribution in [2.75, 3.05) is 6.54 Å². The zero-order valence-corrected chi connectivity index (χ0v) is 7.70. The molecule has 2 aromatic rings. The standard InChI is InChI=1S/C8H9ClN4/c9-7-6-1-3-13(4-2-10)8(6)12-5-11-7/h1,3,5H,2,4,10H2. The molecule has 0 aliphatic rings. The second kappa shape index (κ2) is 3.32. The summed E-state index contributed by atoms with van der Waals surface area (Å²) in [5.74, 6) is 0. The molecule has 0 radical (unpaired) electrons. The maximum Gasteiger partial charge on any atom is 0.144 e. The molecule has 0 aliphatic carbocycles. The zero-order valence-electron chi connectivity index (χ0n) is 6.94. The van der Waals surface area contributed by atoms with Gasteiger partial charge in [0.2, 0.25) is 0 Å². The summed E-state index contributed by atoms with van der Waals surface area (Å²) in [5.41, 5.74) is 6.29. The molecule has 0 atom stereocenters. The van der Waals surface area contributed by atoms with Crippen molar-refractivity contribution in [2.45, 2.75) is 6.54 Å². The van der Waals surface area contributed by atoms with Gasteiger partial charge in [-0.15, -0.1) is 0 Å². The van der Waals surface area contributed by atoms with Crippen LogP contribution in [-0.4, -0.2) is 21.1 Å². The normalized spacial score (nSPS) is 10.9. The van der Waals surface area contributed by atoms with Crippen LogP contribution in [0, 0.1) is 0 Å². The average Bonchev–Trinajstić information content (AvgIpc) is 2.51. The van der Waals surface area contributed by atoms with Gasteiger partial charge >= 0.3 is 0 Å². The largest absolute Gasteiger partial charge is 0.331 e. The van der Waals surface area contributed by atoms with Crippen molar-refractivity contribution in [2.24, 2.45) is 5.73 Å². The highest BCUT2D eigenvalue weighted by molar-refractivity contribution is 6.33. The van der Waals surface area contributed by atoms with Crippen molar-refractivity contribution in [1.82, 2.24) is 14.5 Å². The van der Waals surface area contributed by atoms with E-state index < -0.39 is 0 Å². The third-order valence-corrected chi connectivity index (χ3v) is 2.18. The number of rotatable bonds is 2. The Hall–Kier alpha value is -1.13. The molecule has 2 N–H and O–H groups in total. The molecule has 2 rings (SSSR count). The third kappa shape index (κ3) is 1.38. The molecule has 68 valence electrons. The van der Waals surface area contributed by atoms with Gasteiger partial charge in [0.05, 0.1) is 5.39 Å². The van der Waals surface area contributed by atoms with Crippen LogP contribution in [0.25, 0.3) is 11.0 Å². The van der Waals surface area contributed by atoms with Crippen LogP contribution in [-0.2, 0) is 6.54 Å². The van der Waals surface area contributed by atoms with Crippen LogP contribution >= 0.6 is 11.6 Å². The van der Waals surface area contributed by atoms with Crippen LogP contribution in [0.2, 0.25) is 5.15 Å². The number of fused-ring (bicyclic) bond motifs is 1. The molecule has 5 heteroatoms. The van der Waals surface area contributed by atoms with Crippen molar-refractivity contribution < 1.29 is 0 Å². The molecule has 0 unspecified atom stereocenters. The molecule has 0 saturated carbocycles. The van der Waals surface area contributed by atoms with E-state index in [0.717, 1.165) is 17.6 Å². The highest BCUT2D eigenvalue weighted by Gasteiger charge is 2.04. The van der Waals surface area contributed by atoms with Crippen molar-refractivity contribution >= 4 is 22.6 Å². The maximum absolute atomic E-state index is 5.87. The fourth-order valence-corrected chi connectivity index (χ4v) is 1.48. The van der Waals surface area contributed by atoms with Crippen LogP contribution in [0.5, 0.6) is 0 Å². The Morgan fingerprint density at radius 2 is 2.31 bits per heavy atom. The van der Waals surface area contributed by atoms with E-state index in [1.165, 1.54) is 6.33 Å². The van der Waals surface area contributed by atoms with E-state index in [4.69, 9.17) is 17.3 Å². The predicted molar refractivity (Wildman–Crippen MR) is 51.6 cm³/mol. The molecule has 0 aliphatic heterocycles. The second-order valence-corrected chi connectivity index (χ2v) is 3.06. The van der Waals surface area contributed by atoms with Crippen molar-refractivity contribution in [3.63, 3.8) is 0 Å². The molecule has 0 aromatic carbocycles.